The van der Waals surface area contributed by atoms with Crippen molar-refractivity contribution >= 4 is 23.2 Å². The Labute approximate surface area is 196 Å². The van der Waals surface area contributed by atoms with Crippen LogP contribution in [0.2, 0.25) is 5.02 Å². The van der Waals surface area contributed by atoms with E-state index in [0.717, 1.165) is 29.1 Å². The molecule has 3 nitrogen and oxygen atoms in total. The summed E-state index contributed by atoms with van der Waals surface area (Å²) in [6.45, 7) is 8.63. The minimum absolute atomic E-state index is 0.000888. The van der Waals surface area contributed by atoms with E-state index in [9.17, 15) is 4.79 Å². The number of anilines is 1. The summed E-state index contributed by atoms with van der Waals surface area (Å²) in [5.41, 5.74) is 3.89. The van der Waals surface area contributed by atoms with E-state index in [2.05, 4.69) is 45.9 Å². The first-order valence-electron chi connectivity index (χ1n) is 11.1. The van der Waals surface area contributed by atoms with Gasteiger partial charge in [-0.25, -0.2) is 0 Å². The van der Waals surface area contributed by atoms with E-state index in [1.807, 2.05) is 59.5 Å². The summed E-state index contributed by atoms with van der Waals surface area (Å²) in [4.78, 5) is 15.4. The number of rotatable bonds is 5. The van der Waals surface area contributed by atoms with Gasteiger partial charge in [-0.3, -0.25) is 4.79 Å². The number of para-hydroxylation sites is 1. The molecule has 0 aliphatic carbocycles. The molecule has 0 unspecified atom stereocenters. The van der Waals surface area contributed by atoms with E-state index in [0.29, 0.717) is 5.75 Å². The van der Waals surface area contributed by atoms with Crippen LogP contribution < -0.4 is 9.64 Å². The molecule has 3 aromatic carbocycles. The van der Waals surface area contributed by atoms with Crippen LogP contribution in [-0.4, -0.2) is 18.1 Å². The number of halogens is 1. The zero-order chi connectivity index (χ0) is 22.9. The number of hydrogen-bond donors (Lipinski definition) is 0. The lowest BCUT2D eigenvalue weighted by atomic mass is 9.65. The van der Waals surface area contributed by atoms with Gasteiger partial charge in [0.05, 0.1) is 0 Å². The zero-order valence-electron chi connectivity index (χ0n) is 19.2. The molecule has 0 bridgehead atoms. The van der Waals surface area contributed by atoms with Crippen LogP contribution in [0.1, 0.15) is 50.8 Å². The van der Waals surface area contributed by atoms with Crippen LogP contribution in [0.15, 0.2) is 72.8 Å². The number of fused-ring (bicyclic) bond motifs is 1. The lowest BCUT2D eigenvalue weighted by molar-refractivity contribution is -0.121. The lowest BCUT2D eigenvalue weighted by Crippen LogP contribution is -2.57. The van der Waals surface area contributed by atoms with E-state index < -0.39 is 5.54 Å². The van der Waals surface area contributed by atoms with Crippen LogP contribution in [0.3, 0.4) is 0 Å². The Morgan fingerprint density at radius 3 is 2.28 bits per heavy atom. The number of nitrogens with zero attached hydrogens (tertiary/aromatic N) is 1. The van der Waals surface area contributed by atoms with Crippen molar-refractivity contribution in [3.8, 4) is 5.75 Å². The van der Waals surface area contributed by atoms with Gasteiger partial charge in [-0.15, -0.1) is 0 Å². The third-order valence-electron chi connectivity index (χ3n) is 6.56. The van der Waals surface area contributed by atoms with E-state index in [4.69, 9.17) is 16.3 Å². The molecule has 0 aromatic heterocycles. The second kappa shape index (κ2) is 8.63. The summed E-state index contributed by atoms with van der Waals surface area (Å²) in [7, 11) is 0. The summed E-state index contributed by atoms with van der Waals surface area (Å²) in [6, 6.07) is 24.2. The highest BCUT2D eigenvalue weighted by atomic mass is 35.5. The minimum Gasteiger partial charge on any atom is -0.484 e. The van der Waals surface area contributed by atoms with E-state index in [1.54, 1.807) is 0 Å². The van der Waals surface area contributed by atoms with Crippen molar-refractivity contribution in [1.82, 2.24) is 0 Å². The van der Waals surface area contributed by atoms with Gasteiger partial charge >= 0.3 is 0 Å². The Bertz CT molecular complexity index is 1110. The first-order valence-corrected chi connectivity index (χ1v) is 11.5. The van der Waals surface area contributed by atoms with Crippen molar-refractivity contribution in [2.45, 2.75) is 51.5 Å². The molecule has 1 aliphatic heterocycles. The summed E-state index contributed by atoms with van der Waals surface area (Å²) in [5, 5.41) is 0.724. The van der Waals surface area contributed by atoms with Crippen molar-refractivity contribution < 1.29 is 9.53 Å². The van der Waals surface area contributed by atoms with Crippen LogP contribution in [0.4, 0.5) is 5.69 Å². The van der Waals surface area contributed by atoms with Gasteiger partial charge in [0.2, 0.25) is 0 Å². The molecule has 1 amide bonds. The maximum absolute atomic E-state index is 13.4. The standard InChI is InChI=1S/C28H30ClNO2/c1-5-20-10-16-23(17-11-20)32-18-26(31)30-25-9-7-6-8-24(25)28(4,19-27(30,2)3)21-12-14-22(29)15-13-21/h6-17H,5,18-19H2,1-4H3/t28-/m0/s1. The molecular weight excluding hydrogens is 418 g/mol. The molecule has 1 heterocycles. The lowest BCUT2D eigenvalue weighted by Gasteiger charge is -2.51. The largest absolute Gasteiger partial charge is 0.484 e. The molecule has 0 N–H and O–H groups in total. The molecule has 32 heavy (non-hydrogen) atoms. The molecule has 0 radical (unpaired) electrons. The van der Waals surface area contributed by atoms with Crippen molar-refractivity contribution in [2.75, 3.05) is 11.5 Å². The predicted molar refractivity (Wildman–Crippen MR) is 132 cm³/mol. The van der Waals surface area contributed by atoms with Gasteiger partial charge in [-0.05, 0) is 73.7 Å². The van der Waals surface area contributed by atoms with Crippen LogP contribution >= 0.6 is 11.6 Å². The molecule has 0 saturated heterocycles. The quantitative estimate of drug-likeness (QED) is 0.430. The topological polar surface area (TPSA) is 29.5 Å². The van der Waals surface area contributed by atoms with E-state index in [1.165, 1.54) is 11.1 Å². The maximum Gasteiger partial charge on any atom is 0.265 e. The highest BCUT2D eigenvalue weighted by Crippen LogP contribution is 2.50. The Balaban J connectivity index is 1.66. The minimum atomic E-state index is -0.394. The molecule has 4 heteroatoms. The zero-order valence-corrected chi connectivity index (χ0v) is 19.9. The number of carbonyl (C=O) groups is 1. The van der Waals surface area contributed by atoms with Gasteiger partial charge < -0.3 is 9.64 Å². The van der Waals surface area contributed by atoms with Crippen LogP contribution in [0.25, 0.3) is 0 Å². The third-order valence-corrected chi connectivity index (χ3v) is 6.81. The maximum atomic E-state index is 13.4. The van der Waals surface area contributed by atoms with Crippen LogP contribution in [0, 0.1) is 0 Å². The SMILES string of the molecule is CCc1ccc(OCC(=O)N2c3ccccc3[C@](C)(c3ccc(Cl)cc3)CC2(C)C)cc1. The molecular formula is C28H30ClNO2. The Morgan fingerprint density at radius 2 is 1.62 bits per heavy atom. The predicted octanol–water partition coefficient (Wildman–Crippen LogP) is 6.80. The van der Waals surface area contributed by atoms with E-state index >= 15 is 0 Å². The number of hydrogen-bond acceptors (Lipinski definition) is 2. The van der Waals surface area contributed by atoms with Crippen molar-refractivity contribution in [3.63, 3.8) is 0 Å². The summed E-state index contributed by atoms with van der Waals surface area (Å²) < 4.78 is 5.87. The van der Waals surface area contributed by atoms with Crippen molar-refractivity contribution in [2.24, 2.45) is 0 Å². The molecule has 4 rings (SSSR count). The molecule has 1 aliphatic rings. The Hall–Kier alpha value is -2.78. The molecule has 1 atom stereocenters. The van der Waals surface area contributed by atoms with Gasteiger partial charge in [-0.2, -0.15) is 0 Å². The second-order valence-electron chi connectivity index (χ2n) is 9.36. The van der Waals surface area contributed by atoms with Crippen molar-refractivity contribution in [1.29, 1.82) is 0 Å². The number of amides is 1. The molecule has 3 aromatic rings. The van der Waals surface area contributed by atoms with Crippen LogP contribution in [0.5, 0.6) is 5.75 Å². The average Bonchev–Trinajstić information content (AvgIpc) is 2.78. The Morgan fingerprint density at radius 1 is 0.969 bits per heavy atom. The first-order chi connectivity index (χ1) is 15.2. The smallest absolute Gasteiger partial charge is 0.265 e. The average molecular weight is 448 g/mol. The number of ether oxygens (including phenoxy) is 1. The van der Waals surface area contributed by atoms with Crippen LogP contribution in [-0.2, 0) is 16.6 Å². The molecule has 0 spiro atoms. The van der Waals surface area contributed by atoms with Gasteiger partial charge in [-0.1, -0.05) is 67.9 Å². The van der Waals surface area contributed by atoms with Gasteiger partial charge in [0.1, 0.15) is 5.75 Å². The normalized spacial score (nSPS) is 19.3. The van der Waals surface area contributed by atoms with Gasteiger partial charge in [0, 0.05) is 21.7 Å². The first kappa shape index (κ1) is 22.4. The number of carbonyl (C=O) groups excluding carboxylic acids is 1. The summed E-state index contributed by atoms with van der Waals surface area (Å²) in [5.74, 6) is 0.671. The van der Waals surface area contributed by atoms with Gasteiger partial charge in [0.15, 0.2) is 6.61 Å². The summed E-state index contributed by atoms with van der Waals surface area (Å²) >= 11 is 6.15. The van der Waals surface area contributed by atoms with E-state index in [-0.39, 0.29) is 17.9 Å². The molecule has 166 valence electrons. The summed E-state index contributed by atoms with van der Waals surface area (Å²) in [6.07, 6.45) is 1.76. The Kier molecular flexibility index (Phi) is 6.05. The third kappa shape index (κ3) is 4.14. The monoisotopic (exact) mass is 447 g/mol. The number of aryl methyl sites for hydroxylation is 1. The van der Waals surface area contributed by atoms with Gasteiger partial charge in [0.25, 0.3) is 5.91 Å². The fraction of sp³-hybridized carbons (Fsp3) is 0.321. The highest BCUT2D eigenvalue weighted by molar-refractivity contribution is 6.30. The molecule has 0 saturated carbocycles. The molecule has 0 fully saturated rings. The number of benzene rings is 3. The fourth-order valence-electron chi connectivity index (χ4n) is 5.08. The van der Waals surface area contributed by atoms with Crippen molar-refractivity contribution in [3.05, 3.63) is 94.5 Å². The highest BCUT2D eigenvalue weighted by Gasteiger charge is 2.47. The fourth-order valence-corrected chi connectivity index (χ4v) is 5.21. The second-order valence-corrected chi connectivity index (χ2v) is 9.80.